The second-order valence-electron chi connectivity index (χ2n) is 8.62. The summed E-state index contributed by atoms with van der Waals surface area (Å²) in [6.45, 7) is 3.27. The first-order valence-electron chi connectivity index (χ1n) is 10.9. The summed E-state index contributed by atoms with van der Waals surface area (Å²) in [6, 6.07) is 8.01. The molecule has 1 atom stereocenters. The van der Waals surface area contributed by atoms with Crippen LogP contribution in [0.2, 0.25) is 0 Å². The van der Waals surface area contributed by atoms with Crippen molar-refractivity contribution in [3.63, 3.8) is 0 Å². The van der Waals surface area contributed by atoms with Gasteiger partial charge < -0.3 is 15.0 Å². The van der Waals surface area contributed by atoms with E-state index in [0.717, 1.165) is 54.2 Å². The Bertz CT molecular complexity index is 1020. The number of nitrogens with one attached hydrogen (secondary N) is 2. The first-order chi connectivity index (χ1) is 14.6. The summed E-state index contributed by atoms with van der Waals surface area (Å²) in [5.74, 6) is 3.01. The molecule has 0 radical (unpaired) electrons. The molecule has 1 aromatic carbocycles. The van der Waals surface area contributed by atoms with Gasteiger partial charge in [-0.25, -0.2) is 4.98 Å². The lowest BCUT2D eigenvalue weighted by molar-refractivity contribution is -0.135. The Morgan fingerprint density at radius 3 is 2.97 bits per heavy atom. The average Bonchev–Trinajstić information content (AvgIpc) is 3.49. The number of hydrogen-bond donors (Lipinski definition) is 2. The Morgan fingerprint density at radius 1 is 1.30 bits per heavy atom. The van der Waals surface area contributed by atoms with Crippen LogP contribution in [0.5, 0.6) is 0 Å². The molecule has 1 fully saturated rings. The zero-order valence-corrected chi connectivity index (χ0v) is 17.4. The van der Waals surface area contributed by atoms with E-state index in [1.807, 2.05) is 31.2 Å². The molecular weight excluding hydrogens is 380 g/mol. The zero-order chi connectivity index (χ0) is 20.6. The maximum absolute atomic E-state index is 13.2. The minimum atomic E-state index is -0.811. The van der Waals surface area contributed by atoms with Gasteiger partial charge in [0.1, 0.15) is 23.8 Å². The van der Waals surface area contributed by atoms with E-state index in [4.69, 9.17) is 4.74 Å². The summed E-state index contributed by atoms with van der Waals surface area (Å²) in [4.78, 5) is 21.1. The highest BCUT2D eigenvalue weighted by molar-refractivity contribution is 5.84. The summed E-state index contributed by atoms with van der Waals surface area (Å²) in [5.41, 5.74) is 1.21. The standard InChI is InChI=1S/C22H28N6O2/c1-22(14-30-13-19-26-27-20(28(19)22)15-7-2-3-8-15)21(29)23-12-6-11-18-24-16-9-4-5-10-17(16)25-18/h4-5,9-10,15H,2-3,6-8,11-14H2,1H3,(H,23,29)(H,24,25). The lowest BCUT2D eigenvalue weighted by atomic mass is 9.97. The fourth-order valence-electron chi connectivity index (χ4n) is 4.75. The predicted molar refractivity (Wildman–Crippen MR) is 112 cm³/mol. The highest BCUT2D eigenvalue weighted by Gasteiger charge is 2.43. The number of carbonyl (C=O) groups is 1. The second-order valence-corrected chi connectivity index (χ2v) is 8.62. The molecule has 2 aromatic heterocycles. The third-order valence-electron chi connectivity index (χ3n) is 6.39. The number of ether oxygens (including phenoxy) is 1. The Hall–Kier alpha value is -2.74. The number of rotatable bonds is 6. The molecule has 2 aliphatic rings. The van der Waals surface area contributed by atoms with Gasteiger partial charge in [-0.15, -0.1) is 10.2 Å². The number of imidazole rings is 1. The van der Waals surface area contributed by atoms with Crippen molar-refractivity contribution >= 4 is 16.9 Å². The quantitative estimate of drug-likeness (QED) is 0.611. The van der Waals surface area contributed by atoms with Crippen molar-refractivity contribution in [1.29, 1.82) is 0 Å². The molecule has 1 unspecified atom stereocenters. The Kier molecular flexibility index (Phi) is 5.02. The number of amides is 1. The van der Waals surface area contributed by atoms with Crippen LogP contribution in [0.4, 0.5) is 0 Å². The van der Waals surface area contributed by atoms with Gasteiger partial charge >= 0.3 is 0 Å². The van der Waals surface area contributed by atoms with Gasteiger partial charge in [-0.05, 0) is 38.3 Å². The molecular formula is C22H28N6O2. The van der Waals surface area contributed by atoms with Crippen molar-refractivity contribution in [2.75, 3.05) is 13.2 Å². The number of para-hydroxylation sites is 2. The van der Waals surface area contributed by atoms with Gasteiger partial charge in [-0.2, -0.15) is 0 Å². The lowest BCUT2D eigenvalue weighted by Gasteiger charge is -2.36. The van der Waals surface area contributed by atoms with E-state index in [1.54, 1.807) is 0 Å². The molecule has 1 aliphatic carbocycles. The van der Waals surface area contributed by atoms with Crippen molar-refractivity contribution in [2.24, 2.45) is 0 Å². The van der Waals surface area contributed by atoms with Gasteiger partial charge in [0, 0.05) is 18.9 Å². The van der Waals surface area contributed by atoms with Crippen molar-refractivity contribution in [3.8, 4) is 0 Å². The van der Waals surface area contributed by atoms with Crippen LogP contribution < -0.4 is 5.32 Å². The number of aromatic nitrogens is 5. The van der Waals surface area contributed by atoms with Crippen LogP contribution in [0.25, 0.3) is 11.0 Å². The minimum Gasteiger partial charge on any atom is -0.370 e. The molecule has 8 nitrogen and oxygen atoms in total. The number of benzene rings is 1. The van der Waals surface area contributed by atoms with Gasteiger partial charge in [0.2, 0.25) is 5.91 Å². The molecule has 3 aromatic rings. The molecule has 1 aliphatic heterocycles. The minimum absolute atomic E-state index is 0.0351. The monoisotopic (exact) mass is 408 g/mol. The summed E-state index contributed by atoms with van der Waals surface area (Å²) < 4.78 is 7.78. The topological polar surface area (TPSA) is 97.7 Å². The Morgan fingerprint density at radius 2 is 2.13 bits per heavy atom. The Labute approximate surface area is 175 Å². The van der Waals surface area contributed by atoms with E-state index in [2.05, 4.69) is 30.0 Å². The van der Waals surface area contributed by atoms with Crippen LogP contribution in [0.15, 0.2) is 24.3 Å². The normalized spacial score (nSPS) is 21.8. The zero-order valence-electron chi connectivity index (χ0n) is 17.4. The molecule has 1 amide bonds. The summed E-state index contributed by atoms with van der Waals surface area (Å²) in [6.07, 6.45) is 6.27. The fourth-order valence-corrected chi connectivity index (χ4v) is 4.75. The molecule has 0 spiro atoms. The second kappa shape index (κ2) is 7.83. The number of nitrogens with zero attached hydrogens (tertiary/aromatic N) is 4. The van der Waals surface area contributed by atoms with Crippen molar-refractivity contribution in [3.05, 3.63) is 41.7 Å². The first kappa shape index (κ1) is 19.2. The highest BCUT2D eigenvalue weighted by Crippen LogP contribution is 2.37. The maximum Gasteiger partial charge on any atom is 0.248 e. The van der Waals surface area contributed by atoms with Gasteiger partial charge in [0.15, 0.2) is 5.82 Å². The van der Waals surface area contributed by atoms with Crippen LogP contribution in [0.3, 0.4) is 0 Å². The predicted octanol–water partition coefficient (Wildman–Crippen LogP) is 2.81. The van der Waals surface area contributed by atoms with Crippen LogP contribution in [0, 0.1) is 0 Å². The molecule has 5 rings (SSSR count). The summed E-state index contributed by atoms with van der Waals surface area (Å²) >= 11 is 0. The van der Waals surface area contributed by atoms with Gasteiger partial charge in [0.25, 0.3) is 0 Å². The van der Waals surface area contributed by atoms with Crippen LogP contribution >= 0.6 is 0 Å². The number of aromatic amines is 1. The smallest absolute Gasteiger partial charge is 0.248 e. The van der Waals surface area contributed by atoms with Gasteiger partial charge in [-0.1, -0.05) is 25.0 Å². The van der Waals surface area contributed by atoms with E-state index >= 15 is 0 Å². The molecule has 30 heavy (non-hydrogen) atoms. The molecule has 0 bridgehead atoms. The molecule has 1 saturated carbocycles. The highest BCUT2D eigenvalue weighted by atomic mass is 16.5. The number of carbonyl (C=O) groups excluding carboxylic acids is 1. The summed E-state index contributed by atoms with van der Waals surface area (Å²) in [5, 5.41) is 11.9. The molecule has 2 N–H and O–H groups in total. The maximum atomic E-state index is 13.2. The van der Waals surface area contributed by atoms with Crippen molar-refractivity contribution in [2.45, 2.75) is 63.5 Å². The largest absolute Gasteiger partial charge is 0.370 e. The van der Waals surface area contributed by atoms with Crippen LogP contribution in [-0.2, 0) is 28.1 Å². The van der Waals surface area contributed by atoms with E-state index in [9.17, 15) is 4.79 Å². The molecule has 8 heteroatoms. The first-order valence-corrected chi connectivity index (χ1v) is 10.9. The molecule has 158 valence electrons. The van der Waals surface area contributed by atoms with Crippen LogP contribution in [0.1, 0.15) is 62.4 Å². The van der Waals surface area contributed by atoms with E-state index in [-0.39, 0.29) is 5.91 Å². The van der Waals surface area contributed by atoms with Gasteiger partial charge in [-0.3, -0.25) is 9.36 Å². The van der Waals surface area contributed by atoms with E-state index in [0.29, 0.717) is 25.7 Å². The van der Waals surface area contributed by atoms with Crippen LogP contribution in [-0.4, -0.2) is 43.8 Å². The third-order valence-corrected chi connectivity index (χ3v) is 6.39. The average molecular weight is 409 g/mol. The Balaban J connectivity index is 1.24. The molecule has 3 heterocycles. The molecule has 0 saturated heterocycles. The number of hydrogen-bond acceptors (Lipinski definition) is 5. The van der Waals surface area contributed by atoms with Crippen molar-refractivity contribution < 1.29 is 9.53 Å². The van der Waals surface area contributed by atoms with Gasteiger partial charge in [0.05, 0.1) is 17.6 Å². The van der Waals surface area contributed by atoms with Crippen molar-refractivity contribution in [1.82, 2.24) is 30.0 Å². The fraction of sp³-hybridized carbons (Fsp3) is 0.545. The number of fused-ring (bicyclic) bond motifs is 2. The number of aryl methyl sites for hydroxylation is 1. The lowest BCUT2D eigenvalue weighted by Crippen LogP contribution is -2.53. The SMILES string of the molecule is CC1(C(=O)NCCCc2nc3ccccc3[nH]2)COCc2nnc(C3CCCC3)n21. The van der Waals surface area contributed by atoms with E-state index in [1.165, 1.54) is 12.8 Å². The van der Waals surface area contributed by atoms with E-state index < -0.39 is 5.54 Å². The number of H-pyrrole nitrogens is 1. The summed E-state index contributed by atoms with van der Waals surface area (Å²) in [7, 11) is 0. The third kappa shape index (κ3) is 3.39.